The number of para-hydroxylation sites is 1. The van der Waals surface area contributed by atoms with E-state index in [0.717, 1.165) is 53.6 Å². The molecule has 0 bridgehead atoms. The smallest absolute Gasteiger partial charge is 0.309 e. The van der Waals surface area contributed by atoms with Gasteiger partial charge in [0, 0.05) is 37.9 Å². The number of anilines is 1. The molecule has 2 N–H and O–H groups in total. The maximum atomic E-state index is 15.0. The summed E-state index contributed by atoms with van der Waals surface area (Å²) in [6.45, 7) is 4.89. The van der Waals surface area contributed by atoms with Gasteiger partial charge in [0.1, 0.15) is 0 Å². The number of nitrogens with zero attached hydrogens (tertiary/aromatic N) is 1. The number of carbonyl (C=O) groups excluding carboxylic acids is 1. The van der Waals surface area contributed by atoms with Crippen LogP contribution in [-0.2, 0) is 33.6 Å². The van der Waals surface area contributed by atoms with Gasteiger partial charge < -0.3 is 24.6 Å². The van der Waals surface area contributed by atoms with Gasteiger partial charge in [-0.05, 0) is 65.6 Å². The summed E-state index contributed by atoms with van der Waals surface area (Å²) < 4.78 is 30.8. The van der Waals surface area contributed by atoms with E-state index in [4.69, 9.17) is 14.2 Å². The van der Waals surface area contributed by atoms with Crippen molar-refractivity contribution in [1.29, 1.82) is 0 Å². The summed E-state index contributed by atoms with van der Waals surface area (Å²) in [5.41, 5.74) is 5.33. The Morgan fingerprint density at radius 3 is 2.42 bits per heavy atom. The van der Waals surface area contributed by atoms with Crippen molar-refractivity contribution < 1.29 is 33.3 Å². The number of carboxylic acids is 1. The second kappa shape index (κ2) is 13.6. The van der Waals surface area contributed by atoms with E-state index in [2.05, 4.69) is 5.32 Å². The lowest BCUT2D eigenvalue weighted by Gasteiger charge is -2.27. The lowest BCUT2D eigenvalue weighted by Crippen LogP contribution is -2.35. The van der Waals surface area contributed by atoms with Gasteiger partial charge in [-0.2, -0.15) is 0 Å². The van der Waals surface area contributed by atoms with Gasteiger partial charge in [-0.3, -0.25) is 14.5 Å². The Bertz CT molecular complexity index is 1440. The Morgan fingerprint density at radius 2 is 1.77 bits per heavy atom. The van der Waals surface area contributed by atoms with Gasteiger partial charge in [0.25, 0.3) is 0 Å². The molecule has 3 aromatic carbocycles. The molecule has 1 fully saturated rings. The minimum Gasteiger partial charge on any atom is -0.481 e. The molecule has 0 aromatic heterocycles. The number of fused-ring (bicyclic) bond motifs is 1. The van der Waals surface area contributed by atoms with Crippen LogP contribution in [-0.4, -0.2) is 55.5 Å². The van der Waals surface area contributed by atoms with E-state index >= 15 is 0 Å². The molecule has 1 amide bonds. The SMILES string of the molecule is CCc1cccc(CC)c1NC(=O)CN1C[C@H](c2cc(F)c3c(c2)OCO3)C(C(=O)O)[C@@H]1c1ccc(CCCOC)cc1. The van der Waals surface area contributed by atoms with Crippen molar-refractivity contribution in [3.8, 4) is 11.5 Å². The van der Waals surface area contributed by atoms with Gasteiger partial charge in [-0.25, -0.2) is 4.39 Å². The highest BCUT2D eigenvalue weighted by Gasteiger charge is 2.48. The molecule has 0 spiro atoms. The summed E-state index contributed by atoms with van der Waals surface area (Å²) in [6.07, 6.45) is 3.25. The zero-order chi connectivity index (χ0) is 30.5. The van der Waals surface area contributed by atoms with E-state index in [-0.39, 0.29) is 37.3 Å². The Labute approximate surface area is 251 Å². The third-order valence-corrected chi connectivity index (χ3v) is 8.51. The summed E-state index contributed by atoms with van der Waals surface area (Å²) in [4.78, 5) is 28.4. The van der Waals surface area contributed by atoms with Gasteiger partial charge in [-0.1, -0.05) is 56.3 Å². The molecule has 228 valence electrons. The van der Waals surface area contributed by atoms with Crippen LogP contribution in [0.5, 0.6) is 11.5 Å². The number of carbonyl (C=O) groups is 2. The number of methoxy groups -OCH3 is 1. The monoisotopic (exact) mass is 590 g/mol. The van der Waals surface area contributed by atoms with Crippen molar-refractivity contribution in [3.05, 3.63) is 88.2 Å². The molecule has 2 heterocycles. The van der Waals surface area contributed by atoms with Gasteiger partial charge >= 0.3 is 5.97 Å². The second-order valence-electron chi connectivity index (χ2n) is 11.1. The summed E-state index contributed by atoms with van der Waals surface area (Å²) in [7, 11) is 1.67. The van der Waals surface area contributed by atoms with Crippen molar-refractivity contribution in [3.63, 3.8) is 0 Å². The molecule has 5 rings (SSSR count). The Hall–Kier alpha value is -3.95. The van der Waals surface area contributed by atoms with Gasteiger partial charge in [0.05, 0.1) is 12.5 Å². The van der Waals surface area contributed by atoms with E-state index in [1.54, 1.807) is 13.2 Å². The third-order valence-electron chi connectivity index (χ3n) is 8.51. The van der Waals surface area contributed by atoms with Crippen LogP contribution in [0.25, 0.3) is 0 Å². The zero-order valence-corrected chi connectivity index (χ0v) is 24.9. The molecule has 2 aliphatic rings. The van der Waals surface area contributed by atoms with Crippen LogP contribution >= 0.6 is 0 Å². The number of benzene rings is 3. The average Bonchev–Trinajstić information content (AvgIpc) is 3.63. The fourth-order valence-corrected chi connectivity index (χ4v) is 6.40. The maximum absolute atomic E-state index is 15.0. The van der Waals surface area contributed by atoms with E-state index < -0.39 is 29.7 Å². The average molecular weight is 591 g/mol. The largest absolute Gasteiger partial charge is 0.481 e. The highest BCUT2D eigenvalue weighted by molar-refractivity contribution is 5.94. The predicted octanol–water partition coefficient (Wildman–Crippen LogP) is 5.74. The van der Waals surface area contributed by atoms with Crippen molar-refractivity contribution in [2.45, 2.75) is 51.5 Å². The molecular formula is C34H39FN2O6. The molecule has 3 aromatic rings. The van der Waals surface area contributed by atoms with Gasteiger partial charge in [0.2, 0.25) is 18.4 Å². The third kappa shape index (κ3) is 6.53. The summed E-state index contributed by atoms with van der Waals surface area (Å²) in [6, 6.07) is 16.3. The predicted molar refractivity (Wildman–Crippen MR) is 161 cm³/mol. The van der Waals surface area contributed by atoms with Crippen LogP contribution in [0.2, 0.25) is 0 Å². The number of ether oxygens (including phenoxy) is 3. The topological polar surface area (TPSA) is 97.3 Å². The first-order chi connectivity index (χ1) is 20.8. The van der Waals surface area contributed by atoms with Crippen molar-refractivity contribution in [2.75, 3.05) is 38.9 Å². The number of aliphatic carboxylic acids is 1. The molecular weight excluding hydrogens is 551 g/mol. The molecule has 1 unspecified atom stereocenters. The summed E-state index contributed by atoms with van der Waals surface area (Å²) in [5, 5.41) is 13.7. The number of halogens is 1. The van der Waals surface area contributed by atoms with E-state index in [0.29, 0.717) is 12.2 Å². The van der Waals surface area contributed by atoms with Crippen LogP contribution < -0.4 is 14.8 Å². The van der Waals surface area contributed by atoms with Crippen LogP contribution in [0.1, 0.15) is 60.0 Å². The van der Waals surface area contributed by atoms with Gasteiger partial charge in [-0.15, -0.1) is 0 Å². The lowest BCUT2D eigenvalue weighted by molar-refractivity contribution is -0.143. The minimum absolute atomic E-state index is 0.0191. The molecule has 3 atom stereocenters. The number of nitrogens with one attached hydrogen (secondary N) is 1. The number of amides is 1. The normalized spacial score (nSPS) is 19.5. The van der Waals surface area contributed by atoms with E-state index in [1.807, 2.05) is 61.2 Å². The van der Waals surface area contributed by atoms with Gasteiger partial charge in [0.15, 0.2) is 11.6 Å². The van der Waals surface area contributed by atoms with Crippen molar-refractivity contribution in [2.24, 2.45) is 5.92 Å². The van der Waals surface area contributed by atoms with E-state index in [1.165, 1.54) is 6.07 Å². The number of rotatable bonds is 12. The fourth-order valence-electron chi connectivity index (χ4n) is 6.40. The number of carboxylic acid groups (broad SMARTS) is 1. The number of likely N-dealkylation sites (tertiary alicyclic amines) is 1. The molecule has 2 aliphatic heterocycles. The molecule has 43 heavy (non-hydrogen) atoms. The van der Waals surface area contributed by atoms with Crippen LogP contribution in [0.4, 0.5) is 10.1 Å². The number of aryl methyl sites for hydroxylation is 3. The number of hydrogen-bond donors (Lipinski definition) is 2. The first kappa shape index (κ1) is 30.5. The highest BCUT2D eigenvalue weighted by atomic mass is 19.1. The lowest BCUT2D eigenvalue weighted by atomic mass is 9.82. The Balaban J connectivity index is 1.48. The van der Waals surface area contributed by atoms with Crippen LogP contribution in [0, 0.1) is 11.7 Å². The summed E-state index contributed by atoms with van der Waals surface area (Å²) in [5.74, 6) is -3.05. The maximum Gasteiger partial charge on any atom is 0.309 e. The molecule has 1 saturated heterocycles. The fraction of sp³-hybridized carbons (Fsp3) is 0.412. The second-order valence-corrected chi connectivity index (χ2v) is 11.1. The molecule has 0 radical (unpaired) electrons. The van der Waals surface area contributed by atoms with Crippen molar-refractivity contribution >= 4 is 17.6 Å². The zero-order valence-electron chi connectivity index (χ0n) is 24.9. The van der Waals surface area contributed by atoms with Crippen LogP contribution in [0.3, 0.4) is 0 Å². The summed E-state index contributed by atoms with van der Waals surface area (Å²) >= 11 is 0. The molecule has 0 saturated carbocycles. The number of hydrogen-bond acceptors (Lipinski definition) is 6. The quantitative estimate of drug-likeness (QED) is 0.260. The van der Waals surface area contributed by atoms with Crippen LogP contribution in [0.15, 0.2) is 54.6 Å². The Kier molecular flexibility index (Phi) is 9.62. The van der Waals surface area contributed by atoms with E-state index in [9.17, 15) is 19.1 Å². The standard InChI is InChI=1S/C34H39FN2O6/c1-4-22-9-6-10-23(5-2)31(22)36-29(38)19-37-18-26(25-16-27(35)33-28(17-25)42-20-43-33)30(34(39)40)32(37)24-13-11-21(12-14-24)8-7-15-41-3/h6,9-14,16-17,26,30,32H,4-5,7-8,15,18-20H2,1-3H3,(H,36,38)(H,39,40)/t26-,30?,32+/m1/s1. The van der Waals surface area contributed by atoms with Crippen molar-refractivity contribution in [1.82, 2.24) is 4.90 Å². The molecule has 8 nitrogen and oxygen atoms in total. The highest BCUT2D eigenvalue weighted by Crippen LogP contribution is 2.48. The molecule has 0 aliphatic carbocycles. The first-order valence-electron chi connectivity index (χ1n) is 14.9. The molecule has 9 heteroatoms. The first-order valence-corrected chi connectivity index (χ1v) is 14.9. The minimum atomic E-state index is -1.01. The Morgan fingerprint density at radius 1 is 1.05 bits per heavy atom.